The van der Waals surface area contributed by atoms with Crippen LogP contribution in [0.1, 0.15) is 50.6 Å². The fraction of sp³-hybridized carbons (Fsp3) is 0.478. The summed E-state index contributed by atoms with van der Waals surface area (Å²) in [6, 6.07) is 9.89. The molecule has 2 heterocycles. The monoisotopic (exact) mass is 412 g/mol. The highest BCUT2D eigenvalue weighted by Gasteiger charge is 2.26. The smallest absolute Gasteiger partial charge is 0.339 e. The topological polar surface area (TPSA) is 77.7 Å². The van der Waals surface area contributed by atoms with Gasteiger partial charge in [-0.05, 0) is 31.5 Å². The molecular weight excluding hydrogens is 380 g/mol. The number of benzene rings is 1. The van der Waals surface area contributed by atoms with Crippen LogP contribution in [0.25, 0.3) is 0 Å². The van der Waals surface area contributed by atoms with Crippen molar-refractivity contribution in [3.63, 3.8) is 0 Å². The Morgan fingerprint density at radius 3 is 2.43 bits per heavy atom. The second-order valence-corrected chi connectivity index (χ2v) is 7.86. The first kappa shape index (κ1) is 22.1. The highest BCUT2D eigenvalue weighted by molar-refractivity contribution is 6.00. The molecule has 30 heavy (non-hydrogen) atoms. The van der Waals surface area contributed by atoms with Crippen LogP contribution in [0, 0.1) is 6.92 Å². The van der Waals surface area contributed by atoms with Gasteiger partial charge in [-0.3, -0.25) is 9.69 Å². The predicted molar refractivity (Wildman–Crippen MR) is 117 cm³/mol. The van der Waals surface area contributed by atoms with Gasteiger partial charge < -0.3 is 19.9 Å². The third kappa shape index (κ3) is 4.91. The quantitative estimate of drug-likeness (QED) is 0.683. The Hall–Kier alpha value is -2.64. The number of methoxy groups -OCH3 is 1. The number of nitrogens with one attached hydrogen (secondary N) is 2. The second kappa shape index (κ2) is 9.91. The Morgan fingerprint density at radius 2 is 1.83 bits per heavy atom. The molecule has 7 heteroatoms. The van der Waals surface area contributed by atoms with Gasteiger partial charge in [0.1, 0.15) is 5.69 Å². The minimum atomic E-state index is -0.420. The number of esters is 1. The van der Waals surface area contributed by atoms with E-state index in [-0.39, 0.29) is 11.9 Å². The molecule has 0 aliphatic carbocycles. The van der Waals surface area contributed by atoms with Crippen molar-refractivity contribution < 1.29 is 14.3 Å². The lowest BCUT2D eigenvalue weighted by atomic mass is 10.0. The van der Waals surface area contributed by atoms with Gasteiger partial charge in [-0.2, -0.15) is 0 Å². The van der Waals surface area contributed by atoms with Gasteiger partial charge in [0, 0.05) is 38.4 Å². The van der Waals surface area contributed by atoms with Gasteiger partial charge in [0.25, 0.3) is 5.91 Å². The molecule has 1 atom stereocenters. The molecule has 0 spiro atoms. The summed E-state index contributed by atoms with van der Waals surface area (Å²) >= 11 is 0. The number of rotatable bonds is 7. The maximum atomic E-state index is 13.2. The number of H-pyrrole nitrogens is 1. The van der Waals surface area contributed by atoms with E-state index in [9.17, 15) is 9.59 Å². The normalized spacial score (nSPS) is 16.3. The molecular formula is C23H32N4O3. The van der Waals surface area contributed by atoms with Crippen molar-refractivity contribution in [2.45, 2.75) is 26.3 Å². The summed E-state index contributed by atoms with van der Waals surface area (Å²) in [4.78, 5) is 33.3. The van der Waals surface area contributed by atoms with E-state index < -0.39 is 5.97 Å². The van der Waals surface area contributed by atoms with Crippen LogP contribution in [0.5, 0.6) is 0 Å². The molecule has 1 unspecified atom stereocenters. The summed E-state index contributed by atoms with van der Waals surface area (Å²) in [5.74, 6) is -0.628. The van der Waals surface area contributed by atoms with Crippen molar-refractivity contribution in [3.05, 3.63) is 58.4 Å². The van der Waals surface area contributed by atoms with Crippen LogP contribution in [-0.4, -0.2) is 73.5 Å². The van der Waals surface area contributed by atoms with Crippen LogP contribution in [0.3, 0.4) is 0 Å². The molecule has 162 valence electrons. The Labute approximate surface area is 178 Å². The molecule has 1 aliphatic heterocycles. The number of piperazine rings is 1. The molecule has 1 aromatic heterocycles. The lowest BCUT2D eigenvalue weighted by Crippen LogP contribution is -2.47. The van der Waals surface area contributed by atoms with Crippen molar-refractivity contribution in [1.82, 2.24) is 20.1 Å². The molecule has 1 aliphatic rings. The molecule has 1 aromatic carbocycles. The zero-order valence-corrected chi connectivity index (χ0v) is 18.3. The lowest BCUT2D eigenvalue weighted by Gasteiger charge is -2.35. The van der Waals surface area contributed by atoms with E-state index in [1.165, 1.54) is 7.11 Å². The van der Waals surface area contributed by atoms with E-state index in [2.05, 4.69) is 27.1 Å². The Morgan fingerprint density at radius 1 is 1.17 bits per heavy atom. The summed E-state index contributed by atoms with van der Waals surface area (Å²) in [5, 5.41) is 3.19. The molecule has 3 rings (SSSR count). The number of hydrogen-bond donors (Lipinski definition) is 2. The van der Waals surface area contributed by atoms with Gasteiger partial charge in [-0.1, -0.05) is 37.3 Å². The van der Waals surface area contributed by atoms with E-state index in [1.807, 2.05) is 37.3 Å². The number of likely N-dealkylation sites (N-methyl/N-ethyl adjacent to an activating group) is 1. The van der Waals surface area contributed by atoms with Crippen molar-refractivity contribution in [2.75, 3.05) is 46.9 Å². The summed E-state index contributed by atoms with van der Waals surface area (Å²) in [5.41, 5.74) is 3.30. The van der Waals surface area contributed by atoms with Crippen molar-refractivity contribution in [3.8, 4) is 0 Å². The van der Waals surface area contributed by atoms with E-state index in [0.29, 0.717) is 23.2 Å². The third-order valence-electron chi connectivity index (χ3n) is 5.84. The van der Waals surface area contributed by atoms with Gasteiger partial charge in [0.2, 0.25) is 0 Å². The minimum absolute atomic E-state index is 0.142. The summed E-state index contributed by atoms with van der Waals surface area (Å²) < 4.78 is 4.91. The van der Waals surface area contributed by atoms with Gasteiger partial charge in [0.15, 0.2) is 0 Å². The lowest BCUT2D eigenvalue weighted by molar-refractivity contribution is 0.0599. The number of carbonyl (C=O) groups excluding carboxylic acids is 2. The Bertz CT molecular complexity index is 870. The fourth-order valence-electron chi connectivity index (χ4n) is 3.97. The highest BCUT2D eigenvalue weighted by Crippen LogP contribution is 2.22. The van der Waals surface area contributed by atoms with Crippen molar-refractivity contribution in [1.29, 1.82) is 0 Å². The SMILES string of the molecule is CCc1[nH]c(C(=O)NC(CN2CCN(C)CC2)c2ccccc2)c(C)c1C(=O)OC. The van der Waals surface area contributed by atoms with Gasteiger partial charge in [-0.15, -0.1) is 0 Å². The summed E-state index contributed by atoms with van der Waals surface area (Å²) in [6.45, 7) is 8.47. The predicted octanol–water partition coefficient (Wildman–Crippen LogP) is 2.39. The van der Waals surface area contributed by atoms with E-state index in [1.54, 1.807) is 6.92 Å². The number of hydrogen-bond acceptors (Lipinski definition) is 5. The summed E-state index contributed by atoms with van der Waals surface area (Å²) in [6.07, 6.45) is 0.613. The average molecular weight is 413 g/mol. The maximum absolute atomic E-state index is 13.2. The first-order chi connectivity index (χ1) is 14.4. The van der Waals surface area contributed by atoms with E-state index in [0.717, 1.165) is 44.0 Å². The Kier molecular flexibility index (Phi) is 7.29. The van der Waals surface area contributed by atoms with Crippen LogP contribution in [0.4, 0.5) is 0 Å². The van der Waals surface area contributed by atoms with Gasteiger partial charge in [-0.25, -0.2) is 4.79 Å². The minimum Gasteiger partial charge on any atom is -0.465 e. The standard InChI is InChI=1S/C23H32N4O3/c1-5-18-20(23(29)30-4)16(2)21(24-18)22(28)25-19(17-9-7-6-8-10-17)15-27-13-11-26(3)12-14-27/h6-10,19,24H,5,11-15H2,1-4H3,(H,25,28). The number of aryl methyl sites for hydroxylation is 1. The number of nitrogens with zero attached hydrogens (tertiary/aromatic N) is 2. The first-order valence-corrected chi connectivity index (χ1v) is 10.5. The molecule has 7 nitrogen and oxygen atoms in total. The van der Waals surface area contributed by atoms with Crippen LogP contribution >= 0.6 is 0 Å². The highest BCUT2D eigenvalue weighted by atomic mass is 16.5. The van der Waals surface area contributed by atoms with Crippen LogP contribution in [0.2, 0.25) is 0 Å². The fourth-order valence-corrected chi connectivity index (χ4v) is 3.97. The van der Waals surface area contributed by atoms with Crippen molar-refractivity contribution in [2.24, 2.45) is 0 Å². The number of aromatic amines is 1. The summed E-state index contributed by atoms with van der Waals surface area (Å²) in [7, 11) is 3.49. The zero-order chi connectivity index (χ0) is 21.7. The molecule has 1 fully saturated rings. The first-order valence-electron chi connectivity index (χ1n) is 10.5. The van der Waals surface area contributed by atoms with E-state index >= 15 is 0 Å². The third-order valence-corrected chi connectivity index (χ3v) is 5.84. The van der Waals surface area contributed by atoms with Gasteiger partial charge >= 0.3 is 5.97 Å². The second-order valence-electron chi connectivity index (χ2n) is 7.86. The van der Waals surface area contributed by atoms with Crippen LogP contribution in [0.15, 0.2) is 30.3 Å². The number of aromatic nitrogens is 1. The molecule has 0 radical (unpaired) electrons. The number of carbonyl (C=O) groups is 2. The van der Waals surface area contributed by atoms with E-state index in [4.69, 9.17) is 4.74 Å². The maximum Gasteiger partial charge on any atom is 0.339 e. The largest absolute Gasteiger partial charge is 0.465 e. The van der Waals surface area contributed by atoms with Crippen LogP contribution in [-0.2, 0) is 11.2 Å². The molecule has 1 saturated heterocycles. The number of ether oxygens (including phenoxy) is 1. The molecule has 2 N–H and O–H groups in total. The molecule has 2 aromatic rings. The molecule has 1 amide bonds. The van der Waals surface area contributed by atoms with Crippen molar-refractivity contribution >= 4 is 11.9 Å². The molecule has 0 saturated carbocycles. The van der Waals surface area contributed by atoms with Gasteiger partial charge in [0.05, 0.1) is 18.7 Å². The number of amides is 1. The zero-order valence-electron chi connectivity index (χ0n) is 18.3. The average Bonchev–Trinajstić information content (AvgIpc) is 3.11. The van der Waals surface area contributed by atoms with Crippen LogP contribution < -0.4 is 5.32 Å². The molecule has 0 bridgehead atoms. The Balaban J connectivity index is 1.83.